The molecule has 0 spiro atoms. The van der Waals surface area contributed by atoms with E-state index < -0.39 is 0 Å². The number of ether oxygens (including phenoxy) is 1. The third-order valence-electron chi connectivity index (χ3n) is 2.92. The number of rotatable bonds is 5. The average molecular weight is 384 g/mol. The minimum atomic E-state index is -0.263. The first-order valence-electron chi connectivity index (χ1n) is 6.74. The lowest BCUT2D eigenvalue weighted by Crippen LogP contribution is -2.32. The maximum Gasteiger partial charge on any atom is 0.319 e. The number of benzene rings is 2. The van der Waals surface area contributed by atoms with Gasteiger partial charge >= 0.3 is 6.03 Å². The van der Waals surface area contributed by atoms with E-state index in [1.807, 2.05) is 25.1 Å². The third-order valence-corrected chi connectivity index (χ3v) is 3.66. The summed E-state index contributed by atoms with van der Waals surface area (Å²) in [6.07, 6.45) is 0. The number of urea groups is 1. The number of carbonyl (C=O) groups excluding carboxylic acids is 1. The van der Waals surface area contributed by atoms with Crippen molar-refractivity contribution in [3.8, 4) is 5.75 Å². The number of halogens is 2. The minimum absolute atomic E-state index is 0.263. The molecule has 2 aromatic rings. The Morgan fingerprint density at radius 3 is 2.68 bits per heavy atom. The van der Waals surface area contributed by atoms with Crippen molar-refractivity contribution in [1.82, 2.24) is 5.32 Å². The van der Waals surface area contributed by atoms with Crippen molar-refractivity contribution in [2.24, 2.45) is 0 Å². The zero-order chi connectivity index (χ0) is 15.9. The highest BCUT2D eigenvalue weighted by molar-refractivity contribution is 9.10. The van der Waals surface area contributed by atoms with E-state index in [0.29, 0.717) is 18.2 Å². The summed E-state index contributed by atoms with van der Waals surface area (Å²) < 4.78 is 6.41. The Kier molecular flexibility index (Phi) is 6.10. The summed E-state index contributed by atoms with van der Waals surface area (Å²) in [6.45, 7) is 2.72. The van der Waals surface area contributed by atoms with Gasteiger partial charge in [0.05, 0.1) is 6.54 Å². The van der Waals surface area contributed by atoms with Crippen LogP contribution < -0.4 is 15.4 Å². The van der Waals surface area contributed by atoms with Gasteiger partial charge in [-0.1, -0.05) is 33.6 Å². The summed E-state index contributed by atoms with van der Waals surface area (Å²) in [5.41, 5.74) is 1.77. The normalized spacial score (nSPS) is 10.1. The molecule has 2 rings (SSSR count). The molecule has 0 unspecified atom stereocenters. The number of hydrogen-bond donors (Lipinski definition) is 2. The van der Waals surface area contributed by atoms with Crippen LogP contribution in [0.1, 0.15) is 5.56 Å². The number of nitrogens with one attached hydrogen (secondary N) is 2. The van der Waals surface area contributed by atoms with Crippen molar-refractivity contribution in [3.05, 3.63) is 57.5 Å². The van der Waals surface area contributed by atoms with Gasteiger partial charge in [0.2, 0.25) is 0 Å². The molecule has 0 aliphatic rings. The average Bonchev–Trinajstić information content (AvgIpc) is 2.49. The van der Waals surface area contributed by atoms with Gasteiger partial charge in [-0.15, -0.1) is 0 Å². The summed E-state index contributed by atoms with van der Waals surface area (Å²) in [5, 5.41) is 6.21. The lowest BCUT2D eigenvalue weighted by Gasteiger charge is -2.11. The predicted octanol–water partition coefficient (Wildman–Crippen LogP) is 4.61. The monoisotopic (exact) mass is 382 g/mol. The second-order valence-electron chi connectivity index (χ2n) is 4.64. The van der Waals surface area contributed by atoms with Crippen LogP contribution in [0.4, 0.5) is 10.5 Å². The van der Waals surface area contributed by atoms with Gasteiger partial charge in [0.1, 0.15) is 12.4 Å². The molecular formula is C16H16BrClN2O2. The van der Waals surface area contributed by atoms with Crippen LogP contribution >= 0.6 is 27.5 Å². The molecule has 0 saturated heterocycles. The molecule has 22 heavy (non-hydrogen) atoms. The lowest BCUT2D eigenvalue weighted by atomic mass is 10.2. The van der Waals surface area contributed by atoms with Crippen LogP contribution in [0, 0.1) is 6.92 Å². The lowest BCUT2D eigenvalue weighted by molar-refractivity contribution is 0.247. The molecule has 0 atom stereocenters. The van der Waals surface area contributed by atoms with Gasteiger partial charge in [-0.3, -0.25) is 0 Å². The van der Waals surface area contributed by atoms with Crippen LogP contribution in [0.15, 0.2) is 46.9 Å². The summed E-state index contributed by atoms with van der Waals surface area (Å²) in [6, 6.07) is 12.5. The summed E-state index contributed by atoms with van der Waals surface area (Å²) in [5.74, 6) is 0.717. The van der Waals surface area contributed by atoms with Crippen LogP contribution in [0.5, 0.6) is 5.75 Å². The molecule has 116 valence electrons. The molecule has 0 bridgehead atoms. The first-order valence-corrected chi connectivity index (χ1v) is 7.91. The van der Waals surface area contributed by atoms with Crippen molar-refractivity contribution in [1.29, 1.82) is 0 Å². The van der Waals surface area contributed by atoms with E-state index in [4.69, 9.17) is 16.3 Å². The highest BCUT2D eigenvalue weighted by Crippen LogP contribution is 2.20. The summed E-state index contributed by atoms with van der Waals surface area (Å²) in [4.78, 5) is 11.8. The topological polar surface area (TPSA) is 50.4 Å². The van der Waals surface area contributed by atoms with E-state index in [-0.39, 0.29) is 6.03 Å². The van der Waals surface area contributed by atoms with Crippen LogP contribution in [0.3, 0.4) is 0 Å². The number of anilines is 1. The SMILES string of the molecule is Cc1ccc(Br)cc1NC(=O)NCCOc1ccc(Cl)cc1. The van der Waals surface area contributed by atoms with Gasteiger partial charge < -0.3 is 15.4 Å². The molecule has 2 amide bonds. The van der Waals surface area contributed by atoms with Crippen molar-refractivity contribution in [2.45, 2.75) is 6.92 Å². The molecule has 0 aromatic heterocycles. The maximum absolute atomic E-state index is 11.8. The Hall–Kier alpha value is -1.72. The van der Waals surface area contributed by atoms with Crippen molar-refractivity contribution in [2.75, 3.05) is 18.5 Å². The largest absolute Gasteiger partial charge is 0.492 e. The molecule has 6 heteroatoms. The predicted molar refractivity (Wildman–Crippen MR) is 92.8 cm³/mol. The molecule has 0 aliphatic carbocycles. The van der Waals surface area contributed by atoms with E-state index in [1.165, 1.54) is 0 Å². The zero-order valence-electron chi connectivity index (χ0n) is 12.0. The van der Waals surface area contributed by atoms with Crippen LogP contribution in [-0.4, -0.2) is 19.2 Å². The Morgan fingerprint density at radius 2 is 1.95 bits per heavy atom. The highest BCUT2D eigenvalue weighted by Gasteiger charge is 2.04. The minimum Gasteiger partial charge on any atom is -0.492 e. The molecule has 0 aliphatic heterocycles. The van der Waals surface area contributed by atoms with E-state index in [9.17, 15) is 4.79 Å². The number of aryl methyl sites for hydroxylation is 1. The van der Waals surface area contributed by atoms with E-state index in [2.05, 4.69) is 26.6 Å². The van der Waals surface area contributed by atoms with E-state index in [1.54, 1.807) is 24.3 Å². The second-order valence-corrected chi connectivity index (χ2v) is 5.99. The number of carbonyl (C=O) groups is 1. The van der Waals surface area contributed by atoms with Crippen molar-refractivity contribution >= 4 is 39.2 Å². The molecule has 2 aromatic carbocycles. The van der Waals surface area contributed by atoms with E-state index in [0.717, 1.165) is 21.5 Å². The summed E-state index contributed by atoms with van der Waals surface area (Å²) >= 11 is 9.17. The van der Waals surface area contributed by atoms with Crippen LogP contribution in [0.25, 0.3) is 0 Å². The standard InChI is InChI=1S/C16H16BrClN2O2/c1-11-2-3-12(17)10-15(11)20-16(21)19-8-9-22-14-6-4-13(18)5-7-14/h2-7,10H,8-9H2,1H3,(H2,19,20,21). The Balaban J connectivity index is 1.74. The highest BCUT2D eigenvalue weighted by atomic mass is 79.9. The van der Waals surface area contributed by atoms with E-state index >= 15 is 0 Å². The van der Waals surface area contributed by atoms with Gasteiger partial charge in [-0.25, -0.2) is 4.79 Å². The van der Waals surface area contributed by atoms with Gasteiger partial charge in [0.25, 0.3) is 0 Å². The molecule has 4 nitrogen and oxygen atoms in total. The number of amides is 2. The zero-order valence-corrected chi connectivity index (χ0v) is 14.4. The molecule has 0 radical (unpaired) electrons. The quantitative estimate of drug-likeness (QED) is 0.741. The smallest absolute Gasteiger partial charge is 0.319 e. The Labute approximate surface area is 142 Å². The molecule has 0 heterocycles. The van der Waals surface area contributed by atoms with Crippen LogP contribution in [0.2, 0.25) is 5.02 Å². The maximum atomic E-state index is 11.8. The molecule has 0 saturated carbocycles. The Bertz CT molecular complexity index is 647. The molecule has 0 fully saturated rings. The molecular weight excluding hydrogens is 368 g/mol. The fourth-order valence-electron chi connectivity index (χ4n) is 1.76. The Morgan fingerprint density at radius 1 is 1.23 bits per heavy atom. The van der Waals surface area contributed by atoms with Gasteiger partial charge in [-0.05, 0) is 48.9 Å². The molecule has 2 N–H and O–H groups in total. The van der Waals surface area contributed by atoms with Gasteiger partial charge in [0.15, 0.2) is 0 Å². The van der Waals surface area contributed by atoms with Crippen molar-refractivity contribution in [3.63, 3.8) is 0 Å². The first-order chi connectivity index (χ1) is 10.5. The van der Waals surface area contributed by atoms with Gasteiger partial charge in [0, 0.05) is 15.2 Å². The number of hydrogen-bond acceptors (Lipinski definition) is 2. The first kappa shape index (κ1) is 16.6. The third kappa shape index (κ3) is 5.24. The second kappa shape index (κ2) is 8.06. The fourth-order valence-corrected chi connectivity index (χ4v) is 2.25. The fraction of sp³-hybridized carbons (Fsp3) is 0.188. The van der Waals surface area contributed by atoms with Crippen molar-refractivity contribution < 1.29 is 9.53 Å². The van der Waals surface area contributed by atoms with Gasteiger partial charge in [-0.2, -0.15) is 0 Å². The summed E-state index contributed by atoms with van der Waals surface area (Å²) in [7, 11) is 0. The van der Waals surface area contributed by atoms with Crippen LogP contribution in [-0.2, 0) is 0 Å².